The van der Waals surface area contributed by atoms with Gasteiger partial charge in [0.25, 0.3) is 0 Å². The zero-order valence-electron chi connectivity index (χ0n) is 10.2. The van der Waals surface area contributed by atoms with Crippen LogP contribution in [0.5, 0.6) is 0 Å². The van der Waals surface area contributed by atoms with Gasteiger partial charge in [-0.25, -0.2) is 8.42 Å². The molecule has 1 atom stereocenters. The Morgan fingerprint density at radius 2 is 2.28 bits per heavy atom. The second-order valence-corrected chi connectivity index (χ2v) is 7.45. The molecule has 97 valence electrons. The first-order chi connectivity index (χ1) is 8.35. The van der Waals surface area contributed by atoms with E-state index in [9.17, 15) is 8.42 Å². The second-order valence-electron chi connectivity index (χ2n) is 4.60. The predicted octanol–water partition coefficient (Wildman–Crippen LogP) is 0.676. The number of nitrogens with two attached hydrogens (primary N) is 1. The fourth-order valence-electron chi connectivity index (χ4n) is 1.55. The minimum absolute atomic E-state index is 0.244. The average molecular weight is 282 g/mol. The standard InChI is InChI=1S/C11H16N3O2SSi/c1-2-11(12,18)10-7-8(5-6-13-10)14-17(15,16)9-3-4-9/h5-7,9H,2-4,12H2,1H3,(H,13,14). The highest BCUT2D eigenvalue weighted by atomic mass is 32.2. The Bertz CT molecular complexity index is 541. The fraction of sp³-hybridized carbons (Fsp3) is 0.545. The van der Waals surface area contributed by atoms with Crippen molar-refractivity contribution in [1.29, 1.82) is 0 Å². The molecular formula is C11H16N3O2SSi. The van der Waals surface area contributed by atoms with Crippen molar-refractivity contribution in [2.75, 3.05) is 4.72 Å². The SMILES string of the molecule is CCC(N)([Si])c1cc(NS(=O)(=O)C2CC2)ccn1. The maximum Gasteiger partial charge on any atom is 0.235 e. The molecule has 0 spiro atoms. The Morgan fingerprint density at radius 1 is 1.61 bits per heavy atom. The van der Waals surface area contributed by atoms with Gasteiger partial charge >= 0.3 is 0 Å². The summed E-state index contributed by atoms with van der Waals surface area (Å²) in [4.78, 5) is 4.16. The summed E-state index contributed by atoms with van der Waals surface area (Å²) in [5.74, 6) is 0. The van der Waals surface area contributed by atoms with E-state index < -0.39 is 15.2 Å². The lowest BCUT2D eigenvalue weighted by Gasteiger charge is -2.22. The molecule has 7 heteroatoms. The fourth-order valence-corrected chi connectivity index (χ4v) is 3.06. The normalized spacial score (nSPS) is 19.3. The van der Waals surface area contributed by atoms with E-state index >= 15 is 0 Å². The van der Waals surface area contributed by atoms with Gasteiger partial charge in [-0.2, -0.15) is 0 Å². The van der Waals surface area contributed by atoms with Gasteiger partial charge in [-0.05, 0) is 31.4 Å². The smallest absolute Gasteiger partial charge is 0.235 e. The van der Waals surface area contributed by atoms with Crippen LogP contribution in [0, 0.1) is 0 Å². The maximum absolute atomic E-state index is 11.8. The number of nitrogens with one attached hydrogen (secondary N) is 1. The molecule has 3 radical (unpaired) electrons. The van der Waals surface area contributed by atoms with Crippen LogP contribution >= 0.6 is 0 Å². The van der Waals surface area contributed by atoms with Gasteiger partial charge in [-0.1, -0.05) is 6.92 Å². The highest BCUT2D eigenvalue weighted by Gasteiger charge is 2.35. The van der Waals surface area contributed by atoms with Crippen LogP contribution in [0.4, 0.5) is 5.69 Å². The van der Waals surface area contributed by atoms with Crippen LogP contribution in [-0.2, 0) is 15.2 Å². The third-order valence-corrected chi connectivity index (χ3v) is 5.48. The number of sulfonamides is 1. The lowest BCUT2D eigenvalue weighted by molar-refractivity contribution is 0.594. The van der Waals surface area contributed by atoms with Crippen molar-refractivity contribution in [3.05, 3.63) is 24.0 Å². The van der Waals surface area contributed by atoms with Crippen molar-refractivity contribution >= 4 is 26.0 Å². The van der Waals surface area contributed by atoms with Crippen molar-refractivity contribution in [1.82, 2.24) is 4.98 Å². The molecule has 1 aromatic rings. The molecule has 0 bridgehead atoms. The van der Waals surface area contributed by atoms with E-state index in [0.717, 1.165) is 12.8 Å². The molecule has 0 aliphatic heterocycles. The molecule has 1 fully saturated rings. The molecule has 0 saturated heterocycles. The first-order valence-corrected chi connectivity index (χ1v) is 7.92. The zero-order chi connectivity index (χ0) is 13.4. The number of pyridine rings is 1. The summed E-state index contributed by atoms with van der Waals surface area (Å²) in [5, 5.41) is -0.979. The van der Waals surface area contributed by atoms with E-state index in [1.807, 2.05) is 6.92 Å². The summed E-state index contributed by atoms with van der Waals surface area (Å²) in [6.07, 6.45) is 3.68. The highest BCUT2D eigenvalue weighted by molar-refractivity contribution is 7.93. The van der Waals surface area contributed by atoms with Crippen molar-refractivity contribution in [3.63, 3.8) is 0 Å². The first-order valence-electron chi connectivity index (χ1n) is 5.87. The molecule has 1 aliphatic rings. The number of nitrogens with zero attached hydrogens (tertiary/aromatic N) is 1. The lowest BCUT2D eigenvalue weighted by atomic mass is 10.1. The van der Waals surface area contributed by atoms with Gasteiger partial charge in [0.15, 0.2) is 0 Å². The molecule has 1 aliphatic carbocycles. The van der Waals surface area contributed by atoms with Crippen LogP contribution in [0.25, 0.3) is 0 Å². The molecule has 1 heterocycles. The van der Waals surface area contributed by atoms with Crippen LogP contribution in [0.2, 0.25) is 0 Å². The summed E-state index contributed by atoms with van der Waals surface area (Å²) in [6.45, 7) is 1.93. The quantitative estimate of drug-likeness (QED) is 0.778. The minimum Gasteiger partial charge on any atom is -0.323 e. The minimum atomic E-state index is -3.24. The Morgan fingerprint density at radius 3 is 2.83 bits per heavy atom. The van der Waals surface area contributed by atoms with Gasteiger partial charge in [-0.15, -0.1) is 0 Å². The van der Waals surface area contributed by atoms with Crippen LogP contribution < -0.4 is 10.5 Å². The monoisotopic (exact) mass is 282 g/mol. The first kappa shape index (κ1) is 13.5. The van der Waals surface area contributed by atoms with Crippen molar-refractivity contribution in [3.8, 4) is 0 Å². The van der Waals surface area contributed by atoms with Crippen LogP contribution in [0.1, 0.15) is 31.9 Å². The van der Waals surface area contributed by atoms with E-state index in [1.165, 1.54) is 0 Å². The van der Waals surface area contributed by atoms with Gasteiger partial charge in [0, 0.05) is 11.4 Å². The van der Waals surface area contributed by atoms with E-state index in [-0.39, 0.29) is 5.25 Å². The third-order valence-electron chi connectivity index (χ3n) is 3.00. The van der Waals surface area contributed by atoms with Crippen molar-refractivity contribution < 1.29 is 8.42 Å². The third kappa shape index (κ3) is 2.90. The highest BCUT2D eigenvalue weighted by Crippen LogP contribution is 2.30. The van der Waals surface area contributed by atoms with E-state index in [0.29, 0.717) is 17.8 Å². The summed E-state index contributed by atoms with van der Waals surface area (Å²) in [6, 6.07) is 3.29. The van der Waals surface area contributed by atoms with Gasteiger partial charge in [0.1, 0.15) is 0 Å². The van der Waals surface area contributed by atoms with E-state index in [4.69, 9.17) is 5.73 Å². The Labute approximate surface area is 111 Å². The molecule has 5 nitrogen and oxygen atoms in total. The molecule has 0 aromatic carbocycles. The van der Waals surface area contributed by atoms with Crippen molar-refractivity contribution in [2.24, 2.45) is 5.73 Å². The molecule has 3 N–H and O–H groups in total. The number of hydrogen-bond donors (Lipinski definition) is 2. The Kier molecular flexibility index (Phi) is 3.48. The predicted molar refractivity (Wildman–Crippen MR) is 71.7 cm³/mol. The number of hydrogen-bond acceptors (Lipinski definition) is 4. The molecule has 0 amide bonds. The molecule has 1 aromatic heterocycles. The molecule has 18 heavy (non-hydrogen) atoms. The van der Waals surface area contributed by atoms with Crippen LogP contribution in [-0.4, -0.2) is 28.9 Å². The molecule has 1 unspecified atom stereocenters. The maximum atomic E-state index is 11.8. The van der Waals surface area contributed by atoms with Gasteiger partial charge in [-0.3, -0.25) is 9.71 Å². The number of aromatic nitrogens is 1. The van der Waals surface area contributed by atoms with E-state index in [1.54, 1.807) is 18.3 Å². The molecular weight excluding hydrogens is 266 g/mol. The Hall–Kier alpha value is -0.923. The summed E-state index contributed by atoms with van der Waals surface area (Å²) >= 11 is 0. The van der Waals surface area contributed by atoms with Gasteiger partial charge in [0.05, 0.1) is 26.9 Å². The largest absolute Gasteiger partial charge is 0.323 e. The summed E-state index contributed by atoms with van der Waals surface area (Å²) in [7, 11) is 0.194. The van der Waals surface area contributed by atoms with Gasteiger partial charge in [0.2, 0.25) is 10.0 Å². The Balaban J connectivity index is 2.22. The van der Waals surface area contributed by atoms with Crippen LogP contribution in [0.15, 0.2) is 18.3 Å². The number of rotatable bonds is 5. The second kappa shape index (κ2) is 4.64. The van der Waals surface area contributed by atoms with E-state index in [2.05, 4.69) is 19.9 Å². The number of anilines is 1. The zero-order valence-corrected chi connectivity index (χ0v) is 12.0. The van der Waals surface area contributed by atoms with Crippen LogP contribution in [0.3, 0.4) is 0 Å². The molecule has 2 rings (SSSR count). The van der Waals surface area contributed by atoms with Gasteiger partial charge < -0.3 is 5.73 Å². The summed E-state index contributed by atoms with van der Waals surface area (Å²) in [5.41, 5.74) is 7.13. The van der Waals surface area contributed by atoms with Crippen molar-refractivity contribution in [2.45, 2.75) is 36.6 Å². The topological polar surface area (TPSA) is 85.1 Å². The average Bonchev–Trinajstić information content (AvgIpc) is 3.13. The summed E-state index contributed by atoms with van der Waals surface area (Å²) < 4.78 is 26.2. The molecule has 1 saturated carbocycles. The lowest BCUT2D eigenvalue weighted by Crippen LogP contribution is -2.37.